The first kappa shape index (κ1) is 11.0. The molecule has 2 aromatic rings. The number of carbonyl (C=O) groups is 1. The first-order valence-electron chi connectivity index (χ1n) is 4.53. The number of aromatic amines is 1. The largest absolute Gasteiger partial charge is 0.548 e. The van der Waals surface area contributed by atoms with Gasteiger partial charge in [0, 0.05) is 0 Å². The number of hydrogen-bond acceptors (Lipinski definition) is 5. The van der Waals surface area contributed by atoms with Crippen LogP contribution in [-0.2, 0) is 4.79 Å². The van der Waals surface area contributed by atoms with E-state index in [2.05, 4.69) is 10.2 Å². The summed E-state index contributed by atoms with van der Waals surface area (Å²) in [6.45, 7) is 1.51. The monoisotopic (exact) mass is 254 g/mol. The Morgan fingerprint density at radius 1 is 1.75 bits per heavy atom. The number of rotatable bonds is 3. The number of carboxylic acid groups (broad SMARTS) is 1. The molecule has 2 heterocycles. The highest BCUT2D eigenvalue weighted by Crippen LogP contribution is 2.25. The summed E-state index contributed by atoms with van der Waals surface area (Å²) in [6, 6.07) is 2.88. The van der Waals surface area contributed by atoms with E-state index in [-0.39, 0.29) is 4.77 Å². The van der Waals surface area contributed by atoms with Crippen LogP contribution in [0.5, 0.6) is 0 Å². The topological polar surface area (TPSA) is 73.7 Å². The molecule has 0 amide bonds. The smallest absolute Gasteiger partial charge is 0.196 e. The molecular formula is C9H8N3O2S2-. The van der Waals surface area contributed by atoms with Crippen LogP contribution in [0.15, 0.2) is 17.5 Å². The molecule has 0 bridgehead atoms. The molecule has 2 rings (SSSR count). The minimum Gasteiger partial charge on any atom is -0.548 e. The van der Waals surface area contributed by atoms with Gasteiger partial charge >= 0.3 is 0 Å². The van der Waals surface area contributed by atoms with Crippen molar-refractivity contribution >= 4 is 29.5 Å². The van der Waals surface area contributed by atoms with Gasteiger partial charge in [-0.05, 0) is 30.6 Å². The van der Waals surface area contributed by atoms with Gasteiger partial charge in [-0.3, -0.25) is 9.67 Å². The minimum atomic E-state index is -1.18. The second-order valence-corrected chi connectivity index (χ2v) is 4.53. The molecule has 0 aliphatic rings. The van der Waals surface area contributed by atoms with Gasteiger partial charge in [-0.2, -0.15) is 5.10 Å². The fraction of sp³-hybridized carbons (Fsp3) is 0.222. The molecule has 0 fully saturated rings. The van der Waals surface area contributed by atoms with Crippen molar-refractivity contribution in [2.75, 3.05) is 0 Å². The number of H-pyrrole nitrogens is 1. The predicted octanol–water partition coefficient (Wildman–Crippen LogP) is 0.980. The summed E-state index contributed by atoms with van der Waals surface area (Å²) in [6.07, 6.45) is 0. The van der Waals surface area contributed by atoms with Crippen molar-refractivity contribution in [1.29, 1.82) is 0 Å². The summed E-state index contributed by atoms with van der Waals surface area (Å²) >= 11 is 6.47. The number of nitrogens with zero attached hydrogens (tertiary/aromatic N) is 2. The number of carbonyl (C=O) groups excluding carboxylic acids is 1. The van der Waals surface area contributed by atoms with E-state index in [1.165, 1.54) is 22.8 Å². The van der Waals surface area contributed by atoms with Crippen molar-refractivity contribution in [3.8, 4) is 10.7 Å². The van der Waals surface area contributed by atoms with Gasteiger partial charge in [0.1, 0.15) is 0 Å². The van der Waals surface area contributed by atoms with E-state index in [9.17, 15) is 9.90 Å². The molecule has 0 unspecified atom stereocenters. The molecule has 0 aliphatic carbocycles. The molecule has 84 valence electrons. The van der Waals surface area contributed by atoms with Gasteiger partial charge in [0.2, 0.25) is 0 Å². The fourth-order valence-electron chi connectivity index (χ4n) is 1.35. The SMILES string of the molecule is C[C@H](C(=O)[O-])n1c(-c2cccs2)n[nH]c1=S. The van der Waals surface area contributed by atoms with Crippen LogP contribution in [-0.4, -0.2) is 20.7 Å². The summed E-state index contributed by atoms with van der Waals surface area (Å²) in [4.78, 5) is 11.7. The lowest BCUT2D eigenvalue weighted by Crippen LogP contribution is -2.31. The predicted molar refractivity (Wildman–Crippen MR) is 60.4 cm³/mol. The minimum absolute atomic E-state index is 0.278. The van der Waals surface area contributed by atoms with Crippen LogP contribution >= 0.6 is 23.6 Å². The fourth-order valence-corrected chi connectivity index (χ4v) is 2.35. The van der Waals surface area contributed by atoms with Crippen LogP contribution in [0.25, 0.3) is 10.7 Å². The third kappa shape index (κ3) is 1.79. The molecule has 2 aromatic heterocycles. The van der Waals surface area contributed by atoms with E-state index in [1.807, 2.05) is 17.5 Å². The zero-order valence-electron chi connectivity index (χ0n) is 8.34. The molecule has 7 heteroatoms. The summed E-state index contributed by atoms with van der Waals surface area (Å²) in [7, 11) is 0. The Morgan fingerprint density at radius 2 is 2.50 bits per heavy atom. The van der Waals surface area contributed by atoms with E-state index in [0.717, 1.165) is 4.88 Å². The van der Waals surface area contributed by atoms with Crippen LogP contribution in [0.2, 0.25) is 0 Å². The summed E-state index contributed by atoms with van der Waals surface area (Å²) in [5.41, 5.74) is 0. The average Bonchev–Trinajstić information content (AvgIpc) is 2.84. The highest BCUT2D eigenvalue weighted by molar-refractivity contribution is 7.71. The van der Waals surface area contributed by atoms with Crippen molar-refractivity contribution in [3.63, 3.8) is 0 Å². The maximum atomic E-state index is 10.9. The van der Waals surface area contributed by atoms with E-state index in [4.69, 9.17) is 12.2 Å². The van der Waals surface area contributed by atoms with E-state index in [1.54, 1.807) is 0 Å². The van der Waals surface area contributed by atoms with Crippen molar-refractivity contribution in [2.45, 2.75) is 13.0 Å². The van der Waals surface area contributed by atoms with Crippen LogP contribution in [0.1, 0.15) is 13.0 Å². The molecular weight excluding hydrogens is 246 g/mol. The van der Waals surface area contributed by atoms with E-state index < -0.39 is 12.0 Å². The van der Waals surface area contributed by atoms with Gasteiger partial charge < -0.3 is 9.90 Å². The van der Waals surface area contributed by atoms with Gasteiger partial charge in [-0.1, -0.05) is 6.07 Å². The second-order valence-electron chi connectivity index (χ2n) is 3.19. The lowest BCUT2D eigenvalue weighted by molar-refractivity contribution is -0.309. The first-order chi connectivity index (χ1) is 7.61. The third-order valence-corrected chi connectivity index (χ3v) is 3.33. The Labute approximate surface area is 100 Å². The summed E-state index contributed by atoms with van der Waals surface area (Å²) in [5.74, 6) is -0.660. The number of aliphatic carboxylic acids is 1. The third-order valence-electron chi connectivity index (χ3n) is 2.17. The highest BCUT2D eigenvalue weighted by Gasteiger charge is 2.15. The lowest BCUT2D eigenvalue weighted by atomic mass is 10.3. The lowest BCUT2D eigenvalue weighted by Gasteiger charge is -2.15. The molecule has 0 aliphatic heterocycles. The van der Waals surface area contributed by atoms with Gasteiger partial charge in [-0.25, -0.2) is 0 Å². The molecule has 16 heavy (non-hydrogen) atoms. The Hall–Kier alpha value is -1.47. The number of aromatic nitrogens is 3. The Balaban J connectivity index is 2.57. The Morgan fingerprint density at radius 3 is 3.06 bits per heavy atom. The molecule has 0 saturated carbocycles. The van der Waals surface area contributed by atoms with Gasteiger partial charge in [-0.15, -0.1) is 11.3 Å². The van der Waals surface area contributed by atoms with Crippen LogP contribution < -0.4 is 5.11 Å². The van der Waals surface area contributed by atoms with Crippen molar-refractivity contribution < 1.29 is 9.90 Å². The zero-order chi connectivity index (χ0) is 11.7. The number of hydrogen-bond donors (Lipinski definition) is 1. The van der Waals surface area contributed by atoms with Crippen LogP contribution in [0, 0.1) is 4.77 Å². The van der Waals surface area contributed by atoms with E-state index >= 15 is 0 Å². The van der Waals surface area contributed by atoms with Gasteiger partial charge in [0.05, 0.1) is 16.9 Å². The second kappa shape index (κ2) is 4.18. The highest BCUT2D eigenvalue weighted by atomic mass is 32.1. The van der Waals surface area contributed by atoms with Gasteiger partial charge in [0.15, 0.2) is 10.6 Å². The molecule has 1 atom stereocenters. The molecule has 5 nitrogen and oxygen atoms in total. The normalized spacial score (nSPS) is 12.6. The van der Waals surface area contributed by atoms with Gasteiger partial charge in [0.25, 0.3) is 0 Å². The molecule has 0 spiro atoms. The van der Waals surface area contributed by atoms with Crippen molar-refractivity contribution in [2.24, 2.45) is 0 Å². The molecule has 0 aromatic carbocycles. The zero-order valence-corrected chi connectivity index (χ0v) is 9.97. The van der Waals surface area contributed by atoms with E-state index in [0.29, 0.717) is 5.82 Å². The van der Waals surface area contributed by atoms with Crippen LogP contribution in [0.4, 0.5) is 0 Å². The number of nitrogens with one attached hydrogen (secondary N) is 1. The molecule has 1 N–H and O–H groups in total. The number of thiophene rings is 1. The van der Waals surface area contributed by atoms with Crippen LogP contribution in [0.3, 0.4) is 0 Å². The average molecular weight is 254 g/mol. The summed E-state index contributed by atoms with van der Waals surface area (Å²) in [5, 5.41) is 19.4. The molecule has 0 saturated heterocycles. The van der Waals surface area contributed by atoms with Crippen molar-refractivity contribution in [1.82, 2.24) is 14.8 Å². The number of carboxylic acids is 1. The summed E-state index contributed by atoms with van der Waals surface area (Å²) < 4.78 is 1.72. The first-order valence-corrected chi connectivity index (χ1v) is 5.81. The standard InChI is InChI=1S/C9H9N3O2S2/c1-5(8(13)14)12-7(10-11-9(12)15)6-3-2-4-16-6/h2-5H,1H3,(H,11,15)(H,13,14)/p-1/t5-/m1/s1. The quantitative estimate of drug-likeness (QED) is 0.829. The maximum absolute atomic E-state index is 10.9. The Kier molecular flexibility index (Phi) is 2.88. The Bertz CT molecular complexity index is 556. The maximum Gasteiger partial charge on any atom is 0.196 e. The van der Waals surface area contributed by atoms with Crippen molar-refractivity contribution in [3.05, 3.63) is 22.3 Å². The molecule has 0 radical (unpaired) electrons.